The van der Waals surface area contributed by atoms with Gasteiger partial charge in [0.1, 0.15) is 5.52 Å². The topological polar surface area (TPSA) is 58.4 Å². The maximum absolute atomic E-state index is 12.9. The van der Waals surface area contributed by atoms with Crippen molar-refractivity contribution < 1.29 is 9.21 Å². The number of rotatable bonds is 6. The number of allylic oxidation sites excluding steroid dienone is 1. The zero-order chi connectivity index (χ0) is 22.0. The Kier molecular flexibility index (Phi) is 6.23. The molecule has 2 unspecified atom stereocenters. The molecule has 1 aromatic heterocycles. The van der Waals surface area contributed by atoms with Crippen LogP contribution in [-0.2, 0) is 4.79 Å². The summed E-state index contributed by atoms with van der Waals surface area (Å²) in [5.74, 6) is 0.453. The molecule has 1 saturated heterocycles. The summed E-state index contributed by atoms with van der Waals surface area (Å²) < 4.78 is 5.94. The lowest BCUT2D eigenvalue weighted by Crippen LogP contribution is -2.54. The molecule has 0 saturated carbocycles. The summed E-state index contributed by atoms with van der Waals surface area (Å²) in [6.45, 7) is 10.5. The first-order chi connectivity index (χ1) is 15.0. The average Bonchev–Trinajstić information content (AvgIpc) is 3.18. The molecule has 2 heterocycles. The molecule has 5 nitrogen and oxygen atoms in total. The van der Waals surface area contributed by atoms with Crippen LogP contribution in [0.3, 0.4) is 0 Å². The second-order valence-electron chi connectivity index (χ2n) is 8.57. The lowest BCUT2D eigenvalue weighted by molar-refractivity contribution is -0.113. The third-order valence-electron chi connectivity index (χ3n) is 5.95. The minimum atomic E-state index is 0.0575. The van der Waals surface area contributed by atoms with E-state index in [1.54, 1.807) is 0 Å². The fourth-order valence-electron chi connectivity index (χ4n) is 4.15. The number of benzene rings is 2. The molecule has 0 bridgehead atoms. The van der Waals surface area contributed by atoms with Gasteiger partial charge in [-0.3, -0.25) is 4.79 Å². The fourth-order valence-corrected chi connectivity index (χ4v) is 4.15. The summed E-state index contributed by atoms with van der Waals surface area (Å²) in [5, 5.41) is 3.53. The lowest BCUT2D eigenvalue weighted by Gasteiger charge is -2.39. The molecule has 4 rings (SSSR count). The molecule has 0 spiro atoms. The first kappa shape index (κ1) is 21.3. The van der Waals surface area contributed by atoms with Crippen LogP contribution >= 0.6 is 0 Å². The van der Waals surface area contributed by atoms with Gasteiger partial charge in [0.05, 0.1) is 5.57 Å². The molecule has 1 fully saturated rings. The number of nitrogens with one attached hydrogen (secondary N) is 1. The average molecular weight is 418 g/mol. The molecule has 3 aromatic rings. The van der Waals surface area contributed by atoms with Crippen LogP contribution in [0.25, 0.3) is 22.7 Å². The van der Waals surface area contributed by atoms with Crippen LogP contribution in [0.1, 0.15) is 50.6 Å². The highest BCUT2D eigenvalue weighted by Crippen LogP contribution is 2.28. The highest BCUT2D eigenvalue weighted by molar-refractivity contribution is 6.24. The van der Waals surface area contributed by atoms with Crippen molar-refractivity contribution in [1.29, 1.82) is 0 Å². The molecular weight excluding hydrogens is 386 g/mol. The zero-order valence-corrected chi connectivity index (χ0v) is 18.8. The summed E-state index contributed by atoms with van der Waals surface area (Å²) in [6.07, 6.45) is 3.19. The summed E-state index contributed by atoms with van der Waals surface area (Å²) in [4.78, 5) is 20.0. The minimum absolute atomic E-state index is 0.0575. The standard InChI is InChI=1S/C26H31N3O2/c1-5-8-24(30)22(26-28-23-9-6-7-10-25(23)31-26)14-20-11-12-21(13-17(20)2)29-16-18(3)27-15-19(29)4/h6-7,9-14,18-19,27H,5,8,15-16H2,1-4H3/b22-14+. The van der Waals surface area contributed by atoms with Gasteiger partial charge in [-0.1, -0.05) is 25.1 Å². The van der Waals surface area contributed by atoms with Crippen LogP contribution < -0.4 is 10.2 Å². The third kappa shape index (κ3) is 4.57. The number of aryl methyl sites for hydroxylation is 1. The van der Waals surface area contributed by atoms with Crippen LogP contribution in [-0.4, -0.2) is 35.9 Å². The van der Waals surface area contributed by atoms with Crippen molar-refractivity contribution in [3.63, 3.8) is 0 Å². The number of carbonyl (C=O) groups excluding carboxylic acids is 1. The number of Topliss-reactive ketones (excluding diaryl/α,β-unsaturated/α-hetero) is 1. The van der Waals surface area contributed by atoms with Gasteiger partial charge in [0.25, 0.3) is 0 Å². The normalized spacial score (nSPS) is 19.7. The third-order valence-corrected chi connectivity index (χ3v) is 5.95. The van der Waals surface area contributed by atoms with Gasteiger partial charge in [-0.25, -0.2) is 4.98 Å². The van der Waals surface area contributed by atoms with Crippen molar-refractivity contribution in [3.8, 4) is 0 Å². The fraction of sp³-hybridized carbons (Fsp3) is 0.385. The van der Waals surface area contributed by atoms with Crippen molar-refractivity contribution in [1.82, 2.24) is 10.3 Å². The van der Waals surface area contributed by atoms with E-state index < -0.39 is 0 Å². The highest BCUT2D eigenvalue weighted by atomic mass is 16.3. The molecule has 162 valence electrons. The summed E-state index contributed by atoms with van der Waals surface area (Å²) in [5.41, 5.74) is 5.37. The number of oxazole rings is 1. The predicted molar refractivity (Wildman–Crippen MR) is 127 cm³/mol. The van der Waals surface area contributed by atoms with Crippen molar-refractivity contribution in [3.05, 3.63) is 59.5 Å². The molecule has 0 amide bonds. The Hall–Kier alpha value is -2.92. The van der Waals surface area contributed by atoms with Crippen molar-refractivity contribution in [2.45, 2.75) is 52.6 Å². The summed E-state index contributed by atoms with van der Waals surface area (Å²) >= 11 is 0. The second-order valence-corrected chi connectivity index (χ2v) is 8.57. The molecule has 0 radical (unpaired) electrons. The molecule has 1 N–H and O–H groups in total. The van der Waals surface area contributed by atoms with Gasteiger partial charge in [-0.15, -0.1) is 0 Å². The number of ketones is 1. The van der Waals surface area contributed by atoms with Crippen molar-refractivity contribution >= 4 is 34.2 Å². The number of piperazine rings is 1. The van der Waals surface area contributed by atoms with Gasteiger partial charge in [0.15, 0.2) is 11.4 Å². The summed E-state index contributed by atoms with van der Waals surface area (Å²) in [6, 6.07) is 15.0. The Morgan fingerprint density at radius 3 is 2.81 bits per heavy atom. The van der Waals surface area contributed by atoms with Gasteiger partial charge in [-0.05, 0) is 68.7 Å². The molecule has 31 heavy (non-hydrogen) atoms. The molecule has 1 aliphatic rings. The highest BCUT2D eigenvalue weighted by Gasteiger charge is 2.23. The van der Waals surface area contributed by atoms with Crippen LogP contribution in [0.4, 0.5) is 5.69 Å². The predicted octanol–water partition coefficient (Wildman–Crippen LogP) is 5.23. The first-order valence-electron chi connectivity index (χ1n) is 11.2. The number of carbonyl (C=O) groups is 1. The van der Waals surface area contributed by atoms with Gasteiger partial charge in [-0.2, -0.15) is 0 Å². The Labute approximate surface area is 184 Å². The van der Waals surface area contributed by atoms with Crippen LogP contribution in [0.15, 0.2) is 46.9 Å². The number of para-hydroxylation sites is 2. The van der Waals surface area contributed by atoms with Crippen molar-refractivity contribution in [2.75, 3.05) is 18.0 Å². The minimum Gasteiger partial charge on any atom is -0.436 e. The Morgan fingerprint density at radius 2 is 2.06 bits per heavy atom. The van der Waals surface area contributed by atoms with Gasteiger partial charge in [0, 0.05) is 37.3 Å². The van der Waals surface area contributed by atoms with E-state index in [0.717, 1.165) is 36.2 Å². The van der Waals surface area contributed by atoms with E-state index in [9.17, 15) is 4.79 Å². The van der Waals surface area contributed by atoms with E-state index in [1.807, 2.05) is 37.3 Å². The molecule has 1 aliphatic heterocycles. The number of hydrogen-bond acceptors (Lipinski definition) is 5. The maximum Gasteiger partial charge on any atom is 0.230 e. The Morgan fingerprint density at radius 1 is 1.26 bits per heavy atom. The number of anilines is 1. The van der Waals surface area contributed by atoms with Gasteiger partial charge < -0.3 is 14.6 Å². The van der Waals surface area contributed by atoms with Gasteiger partial charge >= 0.3 is 0 Å². The van der Waals surface area contributed by atoms with Crippen LogP contribution in [0.2, 0.25) is 0 Å². The Balaban J connectivity index is 1.71. The maximum atomic E-state index is 12.9. The monoisotopic (exact) mass is 417 g/mol. The molecule has 5 heteroatoms. The van der Waals surface area contributed by atoms with E-state index in [-0.39, 0.29) is 5.78 Å². The lowest BCUT2D eigenvalue weighted by atomic mass is 9.99. The number of aromatic nitrogens is 1. The molecular formula is C26H31N3O2. The molecule has 2 aromatic carbocycles. The molecule has 0 aliphatic carbocycles. The zero-order valence-electron chi connectivity index (χ0n) is 18.8. The smallest absolute Gasteiger partial charge is 0.230 e. The van der Waals surface area contributed by atoms with Gasteiger partial charge in [0.2, 0.25) is 5.89 Å². The SMILES string of the molecule is CCCC(=O)/C(=C\c1ccc(N2CC(C)NCC2C)cc1C)c1nc2ccccc2o1. The first-order valence-corrected chi connectivity index (χ1v) is 11.2. The second kappa shape index (κ2) is 9.06. The quantitative estimate of drug-likeness (QED) is 0.556. The van der Waals surface area contributed by atoms with Crippen LogP contribution in [0, 0.1) is 6.92 Å². The summed E-state index contributed by atoms with van der Waals surface area (Å²) in [7, 11) is 0. The molecule has 2 atom stereocenters. The van der Waals surface area contributed by atoms with E-state index in [0.29, 0.717) is 35.6 Å². The largest absolute Gasteiger partial charge is 0.436 e. The van der Waals surface area contributed by atoms with Crippen LogP contribution in [0.5, 0.6) is 0 Å². The van der Waals surface area contributed by atoms with Crippen molar-refractivity contribution in [2.24, 2.45) is 0 Å². The Bertz CT molecular complexity index is 1080. The van der Waals surface area contributed by atoms with E-state index in [4.69, 9.17) is 4.42 Å². The number of fused-ring (bicyclic) bond motifs is 1. The van der Waals surface area contributed by atoms with E-state index in [1.165, 1.54) is 5.69 Å². The number of hydrogen-bond donors (Lipinski definition) is 1. The number of nitrogens with zero attached hydrogens (tertiary/aromatic N) is 2. The van der Waals surface area contributed by atoms with E-state index >= 15 is 0 Å². The van der Waals surface area contributed by atoms with E-state index in [2.05, 4.69) is 54.2 Å².